The molecule has 2 aromatic rings. The van der Waals surface area contributed by atoms with Crippen molar-refractivity contribution < 1.29 is 14.3 Å². The van der Waals surface area contributed by atoms with E-state index in [1.807, 2.05) is 30.3 Å². The lowest BCUT2D eigenvalue weighted by atomic mass is 9.75. The third kappa shape index (κ3) is 2.81. The van der Waals surface area contributed by atoms with Crippen LogP contribution in [0.1, 0.15) is 18.1 Å². The van der Waals surface area contributed by atoms with E-state index >= 15 is 0 Å². The number of methoxy groups -OCH3 is 1. The summed E-state index contributed by atoms with van der Waals surface area (Å²) in [4.78, 5) is 24.5. The minimum Gasteiger partial charge on any atom is -0.468 e. The normalized spacial score (nSPS) is 13.3. The molecule has 22 heavy (non-hydrogen) atoms. The molecule has 0 aliphatic heterocycles. The summed E-state index contributed by atoms with van der Waals surface area (Å²) in [5.41, 5.74) is 0.716. The number of carbonyl (C=O) groups excluding carboxylic acids is 1. The zero-order chi connectivity index (χ0) is 16.3. The highest BCUT2D eigenvalue weighted by atomic mass is 79.9. The van der Waals surface area contributed by atoms with Crippen molar-refractivity contribution in [1.82, 2.24) is 0 Å². The molecule has 2 aromatic carbocycles. The highest BCUT2D eigenvalue weighted by molar-refractivity contribution is 9.10. The van der Waals surface area contributed by atoms with Gasteiger partial charge in [0.15, 0.2) is 7.05 Å². The van der Waals surface area contributed by atoms with Crippen LogP contribution < -0.4 is 0 Å². The number of esters is 1. The molecule has 0 saturated carbocycles. The molecule has 1 unspecified atom stereocenters. The highest BCUT2D eigenvalue weighted by Crippen LogP contribution is 2.39. The van der Waals surface area contributed by atoms with Crippen molar-refractivity contribution in [2.75, 3.05) is 14.2 Å². The number of benzene rings is 2. The number of nitroso groups, excluding NO2 is 1. The van der Waals surface area contributed by atoms with Crippen LogP contribution in [-0.4, -0.2) is 24.9 Å². The summed E-state index contributed by atoms with van der Waals surface area (Å²) in [5.74, 6) is -0.417. The van der Waals surface area contributed by atoms with E-state index in [0.29, 0.717) is 11.3 Å². The molecule has 0 aliphatic rings. The van der Waals surface area contributed by atoms with Gasteiger partial charge in [0.2, 0.25) is 0 Å². The highest BCUT2D eigenvalue weighted by Gasteiger charge is 2.43. The van der Waals surface area contributed by atoms with Crippen LogP contribution in [0.4, 0.5) is 5.69 Å². The Hall–Kier alpha value is -2.01. The van der Waals surface area contributed by atoms with Crippen LogP contribution in [0.5, 0.6) is 0 Å². The van der Waals surface area contributed by atoms with Crippen molar-refractivity contribution in [3.05, 3.63) is 69.0 Å². The predicted octanol–water partition coefficient (Wildman–Crippen LogP) is 3.97. The van der Waals surface area contributed by atoms with Gasteiger partial charge in [-0.3, -0.25) is 4.79 Å². The van der Waals surface area contributed by atoms with Crippen molar-refractivity contribution in [2.24, 2.45) is 0 Å². The largest absolute Gasteiger partial charge is 0.468 e. The Morgan fingerprint density at radius 1 is 1.18 bits per heavy atom. The Labute approximate surface area is 137 Å². The maximum absolute atomic E-state index is 12.6. The zero-order valence-corrected chi connectivity index (χ0v) is 14.3. The summed E-state index contributed by atoms with van der Waals surface area (Å²) in [5, 5.41) is 0. The van der Waals surface area contributed by atoms with E-state index in [1.165, 1.54) is 14.2 Å². The number of hydrogen-bond acceptors (Lipinski definition) is 3. The molecule has 1 atom stereocenters. The Morgan fingerprint density at radius 2 is 1.82 bits per heavy atom. The van der Waals surface area contributed by atoms with Gasteiger partial charge in [0.25, 0.3) is 5.69 Å². The maximum atomic E-state index is 12.6. The molecule has 2 rings (SSSR count). The van der Waals surface area contributed by atoms with E-state index in [1.54, 1.807) is 25.1 Å². The first-order valence-electron chi connectivity index (χ1n) is 6.76. The molecule has 0 amide bonds. The average molecular weight is 363 g/mol. The summed E-state index contributed by atoms with van der Waals surface area (Å²) in [6.07, 6.45) is 0. The third-order valence-corrected chi connectivity index (χ3v) is 4.27. The molecular weight excluding hydrogens is 346 g/mol. The van der Waals surface area contributed by atoms with Crippen molar-refractivity contribution in [1.29, 1.82) is 0 Å². The summed E-state index contributed by atoms with van der Waals surface area (Å²) in [7, 11) is 2.76. The smallest absolute Gasteiger partial charge is 0.320 e. The predicted molar refractivity (Wildman–Crippen MR) is 88.3 cm³/mol. The number of nitrogens with zero attached hydrogens (tertiary/aromatic N) is 1. The molecule has 0 heterocycles. The average Bonchev–Trinajstić information content (AvgIpc) is 2.53. The van der Waals surface area contributed by atoms with Gasteiger partial charge in [-0.1, -0.05) is 46.3 Å². The molecule has 0 N–H and O–H groups in total. The number of hydrogen-bond donors (Lipinski definition) is 0. The van der Waals surface area contributed by atoms with E-state index in [-0.39, 0.29) is 0 Å². The van der Waals surface area contributed by atoms with E-state index in [2.05, 4.69) is 15.9 Å². The Balaban J connectivity index is 2.79. The Bertz CT molecular complexity index is 715. The molecule has 0 aromatic heterocycles. The fourth-order valence-corrected chi connectivity index (χ4v) is 2.90. The second kappa shape index (κ2) is 6.40. The number of carbonyl (C=O) groups is 1. The number of rotatable bonds is 4. The van der Waals surface area contributed by atoms with Crippen molar-refractivity contribution in [2.45, 2.75) is 12.3 Å². The van der Waals surface area contributed by atoms with Crippen molar-refractivity contribution in [3.8, 4) is 0 Å². The van der Waals surface area contributed by atoms with Crippen LogP contribution in [-0.2, 0) is 14.9 Å². The van der Waals surface area contributed by atoms with Crippen LogP contribution >= 0.6 is 15.9 Å². The summed E-state index contributed by atoms with van der Waals surface area (Å²) < 4.78 is 6.57. The van der Waals surface area contributed by atoms with E-state index in [9.17, 15) is 9.70 Å². The fraction of sp³-hybridized carbons (Fsp3) is 0.235. The Kier molecular flexibility index (Phi) is 4.76. The minimum atomic E-state index is -1.08. The van der Waals surface area contributed by atoms with Gasteiger partial charge < -0.3 is 4.74 Å². The van der Waals surface area contributed by atoms with Crippen molar-refractivity contribution in [3.63, 3.8) is 0 Å². The minimum absolute atomic E-state index is 0.417. The standard InChI is InChI=1S/C17H17BrNO3/c1-17(16(20)22-3,12-7-5-4-6-8-12)14-11-13(18)9-10-15(14)19(2)21/h4-11H,1-3H3/q+1. The van der Waals surface area contributed by atoms with Gasteiger partial charge >= 0.3 is 5.97 Å². The molecule has 4 nitrogen and oxygen atoms in total. The quantitative estimate of drug-likeness (QED) is 0.610. The first-order chi connectivity index (χ1) is 10.4. The van der Waals surface area contributed by atoms with Gasteiger partial charge in [-0.25, -0.2) is 0 Å². The lowest BCUT2D eigenvalue weighted by Crippen LogP contribution is -2.35. The number of halogens is 1. The zero-order valence-electron chi connectivity index (χ0n) is 12.7. The van der Waals surface area contributed by atoms with Gasteiger partial charge in [0, 0.05) is 20.2 Å². The topological polar surface area (TPSA) is 46.4 Å². The lowest BCUT2D eigenvalue weighted by Gasteiger charge is -2.27. The summed E-state index contributed by atoms with van der Waals surface area (Å²) in [6, 6.07) is 14.5. The second-order valence-corrected chi connectivity index (χ2v) is 6.06. The van der Waals surface area contributed by atoms with Crippen LogP contribution in [0.25, 0.3) is 0 Å². The molecule has 0 radical (unpaired) electrons. The van der Waals surface area contributed by atoms with Crippen LogP contribution in [0.3, 0.4) is 0 Å². The van der Waals surface area contributed by atoms with Gasteiger partial charge in [-0.15, -0.1) is 0 Å². The van der Waals surface area contributed by atoms with E-state index in [0.717, 1.165) is 14.8 Å². The van der Waals surface area contributed by atoms with Gasteiger partial charge in [0.1, 0.15) is 5.41 Å². The second-order valence-electron chi connectivity index (χ2n) is 5.14. The number of ether oxygens (including phenoxy) is 1. The molecule has 5 heteroatoms. The van der Waals surface area contributed by atoms with Crippen LogP contribution in [0.2, 0.25) is 0 Å². The van der Waals surface area contributed by atoms with E-state index < -0.39 is 11.4 Å². The van der Waals surface area contributed by atoms with Crippen molar-refractivity contribution >= 4 is 27.6 Å². The molecule has 0 aliphatic carbocycles. The first kappa shape index (κ1) is 16.4. The van der Waals surface area contributed by atoms with E-state index in [4.69, 9.17) is 4.74 Å². The SMILES string of the molecule is COC(=O)C(C)(c1ccccc1)c1cc(Br)ccc1[N+](C)=O. The van der Waals surface area contributed by atoms with Crippen LogP contribution in [0.15, 0.2) is 53.0 Å². The van der Waals surface area contributed by atoms with Gasteiger partial charge in [-0.05, 0) is 24.6 Å². The maximum Gasteiger partial charge on any atom is 0.320 e. The Morgan fingerprint density at radius 3 is 2.36 bits per heavy atom. The fourth-order valence-electron chi connectivity index (χ4n) is 2.54. The third-order valence-electron chi connectivity index (χ3n) is 3.78. The molecule has 0 bridgehead atoms. The molecular formula is C17H17BrNO3+. The molecule has 0 spiro atoms. The van der Waals surface area contributed by atoms with Gasteiger partial charge in [0.05, 0.1) is 12.7 Å². The first-order valence-corrected chi connectivity index (χ1v) is 7.55. The lowest BCUT2D eigenvalue weighted by molar-refractivity contribution is -0.429. The molecule has 0 fully saturated rings. The molecule has 0 saturated heterocycles. The molecule has 114 valence electrons. The van der Waals surface area contributed by atoms with Crippen LogP contribution in [0, 0.1) is 4.91 Å². The monoisotopic (exact) mass is 362 g/mol. The van der Waals surface area contributed by atoms with Gasteiger partial charge in [-0.2, -0.15) is 0 Å². The summed E-state index contributed by atoms with van der Waals surface area (Å²) in [6.45, 7) is 1.77. The summed E-state index contributed by atoms with van der Waals surface area (Å²) >= 11 is 3.41.